The molecule has 6 heteroatoms. The van der Waals surface area contributed by atoms with Gasteiger partial charge in [-0.15, -0.1) is 11.3 Å². The van der Waals surface area contributed by atoms with Gasteiger partial charge in [0.25, 0.3) is 0 Å². The van der Waals surface area contributed by atoms with Gasteiger partial charge in [0.15, 0.2) is 0 Å². The van der Waals surface area contributed by atoms with Crippen molar-refractivity contribution in [3.05, 3.63) is 16.1 Å². The Balaban J connectivity index is 1.96. The molecule has 0 bridgehead atoms. The molecule has 1 aromatic rings. The Morgan fingerprint density at radius 3 is 2.85 bits per heavy atom. The fraction of sp³-hybridized carbons (Fsp3) is 0.714. The molecule has 5 nitrogen and oxygen atoms in total. The van der Waals surface area contributed by atoms with Crippen LogP contribution in [0.25, 0.3) is 0 Å². The van der Waals surface area contributed by atoms with Gasteiger partial charge in [-0.05, 0) is 34.1 Å². The van der Waals surface area contributed by atoms with Gasteiger partial charge >= 0.3 is 6.09 Å². The first-order chi connectivity index (χ1) is 9.26. The lowest BCUT2D eigenvalue weighted by Gasteiger charge is -2.24. The van der Waals surface area contributed by atoms with E-state index in [4.69, 9.17) is 4.74 Å². The third-order valence-corrected chi connectivity index (χ3v) is 4.47. The average Bonchev–Trinajstić information content (AvgIpc) is 2.95. The molecule has 2 atom stereocenters. The Labute approximate surface area is 123 Å². The van der Waals surface area contributed by atoms with Crippen molar-refractivity contribution in [2.75, 3.05) is 13.1 Å². The maximum atomic E-state index is 12.0. The van der Waals surface area contributed by atoms with Crippen molar-refractivity contribution in [3.63, 3.8) is 0 Å². The predicted molar refractivity (Wildman–Crippen MR) is 77.9 cm³/mol. The van der Waals surface area contributed by atoms with Crippen LogP contribution in [0.5, 0.6) is 0 Å². The zero-order valence-corrected chi connectivity index (χ0v) is 13.2. The SMILES string of the molecule is CC(O)c1cnc(C2CCN(C(=O)OC(C)(C)C)C2)s1. The fourth-order valence-corrected chi connectivity index (χ4v) is 3.12. The molecule has 1 aliphatic rings. The molecule has 0 radical (unpaired) electrons. The van der Waals surface area contributed by atoms with Crippen molar-refractivity contribution < 1.29 is 14.6 Å². The topological polar surface area (TPSA) is 62.7 Å². The molecule has 1 N–H and O–H groups in total. The van der Waals surface area contributed by atoms with Gasteiger partial charge in [-0.25, -0.2) is 9.78 Å². The second-order valence-electron chi connectivity index (χ2n) is 6.19. The lowest BCUT2D eigenvalue weighted by atomic mass is 10.1. The van der Waals surface area contributed by atoms with E-state index in [1.807, 2.05) is 20.8 Å². The zero-order valence-electron chi connectivity index (χ0n) is 12.4. The number of carbonyl (C=O) groups is 1. The van der Waals surface area contributed by atoms with E-state index >= 15 is 0 Å². The molecule has 0 aliphatic carbocycles. The highest BCUT2D eigenvalue weighted by atomic mass is 32.1. The molecule has 1 fully saturated rings. The smallest absolute Gasteiger partial charge is 0.410 e. The number of carbonyl (C=O) groups excluding carboxylic acids is 1. The second kappa shape index (κ2) is 5.69. The number of aliphatic hydroxyl groups excluding tert-OH is 1. The lowest BCUT2D eigenvalue weighted by Crippen LogP contribution is -2.35. The molecule has 0 aromatic carbocycles. The molecule has 112 valence electrons. The van der Waals surface area contributed by atoms with E-state index in [-0.39, 0.29) is 12.0 Å². The third kappa shape index (κ3) is 3.70. The number of rotatable bonds is 2. The number of thiazole rings is 1. The number of aromatic nitrogens is 1. The summed E-state index contributed by atoms with van der Waals surface area (Å²) in [7, 11) is 0. The molecule has 1 aliphatic heterocycles. The number of hydrogen-bond acceptors (Lipinski definition) is 5. The Hall–Kier alpha value is -1.14. The Morgan fingerprint density at radius 2 is 2.30 bits per heavy atom. The molecule has 2 heterocycles. The van der Waals surface area contributed by atoms with E-state index in [0.717, 1.165) is 16.3 Å². The Kier molecular flexibility index (Phi) is 4.34. The van der Waals surface area contributed by atoms with Gasteiger partial charge in [0, 0.05) is 25.2 Å². The van der Waals surface area contributed by atoms with Crippen LogP contribution in [0.4, 0.5) is 4.79 Å². The molecule has 20 heavy (non-hydrogen) atoms. The highest BCUT2D eigenvalue weighted by molar-refractivity contribution is 7.11. The van der Waals surface area contributed by atoms with Crippen LogP contribution in [0.2, 0.25) is 0 Å². The average molecular weight is 298 g/mol. The first kappa shape index (κ1) is 15.3. The third-order valence-electron chi connectivity index (χ3n) is 3.14. The predicted octanol–water partition coefficient (Wildman–Crippen LogP) is 2.92. The molecule has 2 unspecified atom stereocenters. The Morgan fingerprint density at radius 1 is 1.60 bits per heavy atom. The summed E-state index contributed by atoms with van der Waals surface area (Å²) < 4.78 is 5.38. The van der Waals surface area contributed by atoms with Gasteiger partial charge in [-0.2, -0.15) is 0 Å². The summed E-state index contributed by atoms with van der Waals surface area (Å²) in [6.07, 6.45) is 1.88. The number of ether oxygens (including phenoxy) is 1. The number of aliphatic hydroxyl groups is 1. The van der Waals surface area contributed by atoms with Crippen LogP contribution in [0, 0.1) is 0 Å². The molecular formula is C14H22N2O3S. The van der Waals surface area contributed by atoms with Crippen molar-refractivity contribution in [3.8, 4) is 0 Å². The molecule has 0 spiro atoms. The van der Waals surface area contributed by atoms with Crippen molar-refractivity contribution in [1.82, 2.24) is 9.88 Å². The van der Waals surface area contributed by atoms with Crippen LogP contribution in [0.15, 0.2) is 6.20 Å². The van der Waals surface area contributed by atoms with E-state index < -0.39 is 11.7 Å². The first-order valence-electron chi connectivity index (χ1n) is 6.88. The minimum Gasteiger partial charge on any atom is -0.444 e. The molecule has 1 aromatic heterocycles. The quantitative estimate of drug-likeness (QED) is 0.912. The monoisotopic (exact) mass is 298 g/mol. The second-order valence-corrected chi connectivity index (χ2v) is 7.28. The van der Waals surface area contributed by atoms with E-state index in [1.54, 1.807) is 18.0 Å². The highest BCUT2D eigenvalue weighted by Gasteiger charge is 2.32. The summed E-state index contributed by atoms with van der Waals surface area (Å²) in [6.45, 7) is 8.68. The largest absolute Gasteiger partial charge is 0.444 e. The maximum absolute atomic E-state index is 12.0. The van der Waals surface area contributed by atoms with Gasteiger partial charge in [0.1, 0.15) is 5.60 Å². The van der Waals surface area contributed by atoms with Crippen molar-refractivity contribution in [2.24, 2.45) is 0 Å². The highest BCUT2D eigenvalue weighted by Crippen LogP contribution is 2.32. The molecular weight excluding hydrogens is 276 g/mol. The summed E-state index contributed by atoms with van der Waals surface area (Å²) in [4.78, 5) is 19.0. The summed E-state index contributed by atoms with van der Waals surface area (Å²) in [5.41, 5.74) is -0.462. The Bertz CT molecular complexity index is 479. The number of nitrogens with zero attached hydrogens (tertiary/aromatic N) is 2. The lowest BCUT2D eigenvalue weighted by molar-refractivity contribution is 0.0292. The summed E-state index contributed by atoms with van der Waals surface area (Å²) in [5, 5.41) is 10.5. The minimum atomic E-state index is -0.482. The van der Waals surface area contributed by atoms with Crippen LogP contribution in [0.1, 0.15) is 56.0 Å². The van der Waals surface area contributed by atoms with Crippen molar-refractivity contribution in [2.45, 2.75) is 51.7 Å². The van der Waals surface area contributed by atoms with Crippen molar-refractivity contribution in [1.29, 1.82) is 0 Å². The van der Waals surface area contributed by atoms with Crippen LogP contribution in [0.3, 0.4) is 0 Å². The minimum absolute atomic E-state index is 0.250. The summed E-state index contributed by atoms with van der Waals surface area (Å²) in [6, 6.07) is 0. The van der Waals surface area contributed by atoms with E-state index in [0.29, 0.717) is 13.1 Å². The van der Waals surface area contributed by atoms with E-state index in [1.165, 1.54) is 11.3 Å². The summed E-state index contributed by atoms with van der Waals surface area (Å²) in [5.74, 6) is 0.250. The van der Waals surface area contributed by atoms with Gasteiger partial charge in [-0.1, -0.05) is 0 Å². The fourth-order valence-electron chi connectivity index (χ4n) is 2.14. The van der Waals surface area contributed by atoms with Crippen LogP contribution < -0.4 is 0 Å². The normalized spacial score (nSPS) is 21.1. The van der Waals surface area contributed by atoms with Crippen LogP contribution in [-0.4, -0.2) is 39.8 Å². The maximum Gasteiger partial charge on any atom is 0.410 e. The molecule has 1 amide bonds. The first-order valence-corrected chi connectivity index (χ1v) is 7.69. The van der Waals surface area contributed by atoms with Crippen LogP contribution in [-0.2, 0) is 4.74 Å². The van der Waals surface area contributed by atoms with Gasteiger partial charge in [-0.3, -0.25) is 0 Å². The van der Waals surface area contributed by atoms with Gasteiger partial charge in [0.2, 0.25) is 0 Å². The standard InChI is InChI=1S/C14H22N2O3S/c1-9(17)11-7-15-12(20-11)10-5-6-16(8-10)13(18)19-14(2,3)4/h7,9-10,17H,5-6,8H2,1-4H3. The van der Waals surface area contributed by atoms with Crippen molar-refractivity contribution >= 4 is 17.4 Å². The van der Waals surface area contributed by atoms with Crippen LogP contribution >= 0.6 is 11.3 Å². The van der Waals surface area contributed by atoms with Gasteiger partial charge in [0.05, 0.1) is 16.0 Å². The molecule has 0 saturated carbocycles. The van der Waals surface area contributed by atoms with Gasteiger partial charge < -0.3 is 14.7 Å². The molecule has 1 saturated heterocycles. The number of hydrogen-bond donors (Lipinski definition) is 1. The number of likely N-dealkylation sites (tertiary alicyclic amines) is 1. The summed E-state index contributed by atoms with van der Waals surface area (Å²) >= 11 is 1.53. The molecule has 2 rings (SSSR count). The van der Waals surface area contributed by atoms with E-state index in [2.05, 4.69) is 4.98 Å². The zero-order chi connectivity index (χ0) is 14.9. The number of amides is 1. The van der Waals surface area contributed by atoms with E-state index in [9.17, 15) is 9.90 Å².